The average Bonchev–Trinajstić information content (AvgIpc) is 2.57. The molecule has 0 spiro atoms. The predicted molar refractivity (Wildman–Crippen MR) is 80.7 cm³/mol. The second kappa shape index (κ2) is 9.38. The molecular formula is C13H13F10NO7S. The number of hydrogen-bond donors (Lipinski definition) is 2. The molecule has 0 aromatic rings. The number of amides is 1. The first-order valence-electron chi connectivity index (χ1n) is 7.62. The highest BCUT2D eigenvalue weighted by Crippen LogP contribution is 2.42. The van der Waals surface area contributed by atoms with Crippen molar-refractivity contribution in [1.29, 1.82) is 0 Å². The summed E-state index contributed by atoms with van der Waals surface area (Å²) >= 11 is 0. The second-order valence-corrected chi connectivity index (χ2v) is 7.23. The molecule has 2 atom stereocenters. The summed E-state index contributed by atoms with van der Waals surface area (Å²) in [5.41, 5.74) is 0. The monoisotopic (exact) mass is 517 g/mol. The number of carbonyl (C=O) groups is 2. The van der Waals surface area contributed by atoms with E-state index in [4.69, 9.17) is 4.55 Å². The first kappa shape index (κ1) is 29.9. The van der Waals surface area contributed by atoms with Crippen molar-refractivity contribution < 1.29 is 75.9 Å². The highest BCUT2D eigenvalue weighted by atomic mass is 32.2. The van der Waals surface area contributed by atoms with Gasteiger partial charge in [0.2, 0.25) is 0 Å². The van der Waals surface area contributed by atoms with Crippen molar-refractivity contribution in [3.63, 3.8) is 0 Å². The van der Waals surface area contributed by atoms with Gasteiger partial charge in [-0.25, -0.2) is 4.79 Å². The molecule has 0 radical (unpaired) electrons. The molecule has 8 nitrogen and oxygen atoms in total. The van der Waals surface area contributed by atoms with Crippen LogP contribution < -0.4 is 5.32 Å². The van der Waals surface area contributed by atoms with Gasteiger partial charge in [-0.15, -0.1) is 0 Å². The molecule has 0 fully saturated rings. The normalized spacial score (nSPS) is 16.6. The Labute approximate surface area is 172 Å². The molecular weight excluding hydrogens is 504 g/mol. The summed E-state index contributed by atoms with van der Waals surface area (Å²) in [6.45, 7) is 0.439. The smallest absolute Gasteiger partial charge is 0.412 e. The fourth-order valence-electron chi connectivity index (χ4n) is 1.62. The molecule has 19 heteroatoms. The Morgan fingerprint density at radius 1 is 1.06 bits per heavy atom. The lowest BCUT2D eigenvalue weighted by molar-refractivity contribution is -0.350. The van der Waals surface area contributed by atoms with Crippen LogP contribution in [-0.4, -0.2) is 66.8 Å². The highest BCUT2D eigenvalue weighted by molar-refractivity contribution is 7.87. The van der Waals surface area contributed by atoms with Crippen molar-refractivity contribution in [3.8, 4) is 0 Å². The first-order chi connectivity index (χ1) is 14.0. The zero-order chi connectivity index (χ0) is 26.0. The lowest BCUT2D eigenvalue weighted by Gasteiger charge is -2.34. The van der Waals surface area contributed by atoms with Crippen molar-refractivity contribution >= 4 is 22.0 Å². The number of halogens is 10. The van der Waals surface area contributed by atoms with Gasteiger partial charge in [0, 0.05) is 12.5 Å². The molecule has 0 saturated heterocycles. The third-order valence-corrected chi connectivity index (χ3v) is 4.34. The Bertz CT molecular complexity index is 824. The van der Waals surface area contributed by atoms with E-state index in [0.717, 1.165) is 0 Å². The zero-order valence-corrected chi connectivity index (χ0v) is 16.2. The maximum Gasteiger partial charge on any atom is 0.466 e. The molecule has 0 aliphatic heterocycles. The van der Waals surface area contributed by atoms with E-state index in [1.165, 1.54) is 0 Å². The van der Waals surface area contributed by atoms with Crippen LogP contribution in [0.5, 0.6) is 0 Å². The molecule has 0 bridgehead atoms. The van der Waals surface area contributed by atoms with Crippen molar-refractivity contribution in [2.24, 2.45) is 0 Å². The minimum Gasteiger partial charge on any atom is -0.412 e. The third kappa shape index (κ3) is 6.44. The summed E-state index contributed by atoms with van der Waals surface area (Å²) in [6, 6.07) is -3.03. The van der Waals surface area contributed by atoms with E-state index in [-0.39, 0.29) is 13.0 Å². The van der Waals surface area contributed by atoms with Crippen molar-refractivity contribution in [3.05, 3.63) is 12.7 Å². The number of alkyl halides is 10. The van der Waals surface area contributed by atoms with Crippen LogP contribution in [0.2, 0.25) is 0 Å². The largest absolute Gasteiger partial charge is 0.466 e. The molecule has 0 saturated carbocycles. The molecule has 32 heavy (non-hydrogen) atoms. The summed E-state index contributed by atoms with van der Waals surface area (Å²) in [4.78, 5) is 23.1. The molecule has 0 heterocycles. The molecule has 0 aromatic heterocycles. The minimum absolute atomic E-state index is 0.0363. The summed E-state index contributed by atoms with van der Waals surface area (Å²) in [5, 5.41) is -5.53. The van der Waals surface area contributed by atoms with E-state index in [1.807, 2.05) is 0 Å². The summed E-state index contributed by atoms with van der Waals surface area (Å²) in [7, 11) is -6.79. The highest BCUT2D eigenvalue weighted by Gasteiger charge is 2.68. The van der Waals surface area contributed by atoms with Crippen molar-refractivity contribution in [2.45, 2.75) is 48.7 Å². The summed E-state index contributed by atoms with van der Waals surface area (Å²) in [5.74, 6) is -15.9. The van der Waals surface area contributed by atoms with Crippen LogP contribution in [0.25, 0.3) is 0 Å². The Kier molecular flexibility index (Phi) is 8.75. The van der Waals surface area contributed by atoms with Crippen molar-refractivity contribution in [1.82, 2.24) is 5.32 Å². The Morgan fingerprint density at radius 2 is 1.53 bits per heavy atom. The third-order valence-electron chi connectivity index (χ3n) is 3.39. The van der Waals surface area contributed by atoms with Gasteiger partial charge in [-0.1, -0.05) is 6.58 Å². The van der Waals surface area contributed by atoms with Crippen LogP contribution >= 0.6 is 0 Å². The maximum absolute atomic E-state index is 13.5. The Morgan fingerprint density at radius 3 is 1.88 bits per heavy atom. The standard InChI is InChI=1S/C13H13F10NO7S/c1-3-7(25)31-10(12(19,20)21,8(26)24-6(2)11(16,17)18)30-5-4-9(14,15)13(22,23)32(27,28)29/h3,6H,1,4-5H2,2H3,(H,24,26)(H,27,28,29). The molecule has 0 aliphatic carbocycles. The topological polar surface area (TPSA) is 119 Å². The van der Waals surface area contributed by atoms with Gasteiger partial charge in [0.25, 0.3) is 0 Å². The van der Waals surface area contributed by atoms with Crippen LogP contribution in [0.1, 0.15) is 13.3 Å². The van der Waals surface area contributed by atoms with E-state index in [1.54, 1.807) is 0 Å². The molecule has 0 aliphatic rings. The number of esters is 1. The van der Waals surface area contributed by atoms with Gasteiger partial charge < -0.3 is 14.8 Å². The molecule has 2 unspecified atom stereocenters. The minimum atomic E-state index is -6.79. The Balaban J connectivity index is 6.12. The van der Waals surface area contributed by atoms with Gasteiger partial charge in [-0.3, -0.25) is 9.35 Å². The van der Waals surface area contributed by atoms with Gasteiger partial charge in [0.05, 0.1) is 6.61 Å². The Hall–Kier alpha value is -2.15. The van der Waals surface area contributed by atoms with E-state index in [9.17, 15) is 61.9 Å². The van der Waals surface area contributed by atoms with Crippen LogP contribution in [0.3, 0.4) is 0 Å². The molecule has 2 N–H and O–H groups in total. The number of hydrogen-bond acceptors (Lipinski definition) is 6. The fraction of sp³-hybridized carbons (Fsp3) is 0.692. The molecule has 1 amide bonds. The van der Waals surface area contributed by atoms with Crippen LogP contribution in [-0.2, 0) is 29.2 Å². The molecule has 0 aromatic carbocycles. The number of carbonyl (C=O) groups excluding carboxylic acids is 2. The van der Waals surface area contributed by atoms with Gasteiger partial charge in [0.15, 0.2) is 0 Å². The quantitative estimate of drug-likeness (QED) is 0.150. The van der Waals surface area contributed by atoms with E-state index >= 15 is 0 Å². The first-order valence-corrected chi connectivity index (χ1v) is 9.06. The SMILES string of the molecule is C=CC(=O)OC(OCCC(F)(F)C(F)(F)S(=O)(=O)O)(C(=O)NC(C)C(F)(F)F)C(F)(F)F. The average molecular weight is 517 g/mol. The van der Waals surface area contributed by atoms with Crippen molar-refractivity contribution in [2.75, 3.05) is 6.61 Å². The number of nitrogens with one attached hydrogen (secondary N) is 1. The number of rotatable bonds is 10. The van der Waals surface area contributed by atoms with Crippen LogP contribution in [0.4, 0.5) is 43.9 Å². The van der Waals surface area contributed by atoms with Gasteiger partial charge in [-0.2, -0.15) is 52.3 Å². The van der Waals surface area contributed by atoms with E-state index in [2.05, 4.69) is 16.1 Å². The fourth-order valence-corrected chi connectivity index (χ4v) is 2.10. The number of ether oxygens (including phenoxy) is 2. The predicted octanol–water partition coefficient (Wildman–Crippen LogP) is 2.56. The van der Waals surface area contributed by atoms with Gasteiger partial charge in [0.1, 0.15) is 6.04 Å². The van der Waals surface area contributed by atoms with E-state index in [0.29, 0.717) is 5.32 Å². The van der Waals surface area contributed by atoms with Crippen LogP contribution in [0, 0.1) is 0 Å². The lowest BCUT2D eigenvalue weighted by atomic mass is 10.2. The van der Waals surface area contributed by atoms with Gasteiger partial charge in [-0.05, 0) is 6.92 Å². The maximum atomic E-state index is 13.5. The second-order valence-electron chi connectivity index (χ2n) is 5.77. The zero-order valence-electron chi connectivity index (χ0n) is 15.4. The van der Waals surface area contributed by atoms with Crippen LogP contribution in [0.15, 0.2) is 12.7 Å². The summed E-state index contributed by atoms with van der Waals surface area (Å²) < 4.78 is 167. The molecule has 0 rings (SSSR count). The van der Waals surface area contributed by atoms with Gasteiger partial charge >= 0.3 is 51.3 Å². The lowest BCUT2D eigenvalue weighted by Crippen LogP contribution is -2.64. The summed E-state index contributed by atoms with van der Waals surface area (Å²) in [6.07, 6.45) is -14.3. The molecule has 188 valence electrons. The van der Waals surface area contributed by atoms with E-state index < -0.39 is 70.4 Å².